The van der Waals surface area contributed by atoms with Gasteiger partial charge in [0, 0.05) is 26.1 Å². The molecule has 0 aromatic rings. The van der Waals surface area contributed by atoms with E-state index in [1.807, 2.05) is 32.9 Å². The minimum absolute atomic E-state index is 0.00498. The summed E-state index contributed by atoms with van der Waals surface area (Å²) >= 11 is 0. The van der Waals surface area contributed by atoms with E-state index in [2.05, 4.69) is 18.2 Å². The molecule has 2 heterocycles. The number of cyclic esters (lactones) is 1. The van der Waals surface area contributed by atoms with Crippen molar-refractivity contribution >= 4 is 11.8 Å². The summed E-state index contributed by atoms with van der Waals surface area (Å²) in [6.45, 7) is 5.71. The summed E-state index contributed by atoms with van der Waals surface area (Å²) in [4.78, 5) is 27.1. The number of ether oxygens (including phenoxy) is 5. The van der Waals surface area contributed by atoms with Gasteiger partial charge in [-0.05, 0) is 80.8 Å². The van der Waals surface area contributed by atoms with E-state index in [1.165, 1.54) is 7.11 Å². The van der Waals surface area contributed by atoms with Crippen LogP contribution in [0.2, 0.25) is 0 Å². The predicted octanol–water partition coefficient (Wildman–Crippen LogP) is 3.91. The Morgan fingerprint density at radius 1 is 1.02 bits per heavy atom. The summed E-state index contributed by atoms with van der Waals surface area (Å²) < 4.78 is 29.5. The summed E-state index contributed by atoms with van der Waals surface area (Å²) in [6, 6.07) is 0. The maximum Gasteiger partial charge on any atom is 0.307 e. The monoisotopic (exact) mass is 602 g/mol. The highest BCUT2D eigenvalue weighted by atomic mass is 16.7. The van der Waals surface area contributed by atoms with E-state index in [0.717, 1.165) is 19.3 Å². The van der Waals surface area contributed by atoms with Crippen molar-refractivity contribution in [1.29, 1.82) is 0 Å². The third-order valence-corrected chi connectivity index (χ3v) is 10.5. The Hall–Kier alpha value is -1.88. The zero-order valence-electron chi connectivity index (χ0n) is 26.2. The molecule has 0 spiro atoms. The predicted molar refractivity (Wildman–Crippen MR) is 159 cm³/mol. The molecule has 9 nitrogen and oxygen atoms in total. The molecule has 2 N–H and O–H groups in total. The van der Waals surface area contributed by atoms with Gasteiger partial charge in [0.1, 0.15) is 24.4 Å². The molecule has 3 aliphatic carbocycles. The molecule has 9 heteroatoms. The first-order chi connectivity index (χ1) is 20.7. The van der Waals surface area contributed by atoms with E-state index in [0.29, 0.717) is 24.8 Å². The number of carbonyl (C=O) groups excluding carboxylic acids is 2. The van der Waals surface area contributed by atoms with Gasteiger partial charge in [-0.2, -0.15) is 0 Å². The number of aliphatic hydroxyl groups is 2. The summed E-state index contributed by atoms with van der Waals surface area (Å²) in [7, 11) is 3.08. The van der Waals surface area contributed by atoms with Crippen LogP contribution in [0.5, 0.6) is 0 Å². The van der Waals surface area contributed by atoms with Gasteiger partial charge in [0.25, 0.3) is 0 Å². The van der Waals surface area contributed by atoms with Gasteiger partial charge in [-0.15, -0.1) is 0 Å². The highest BCUT2D eigenvalue weighted by Gasteiger charge is 2.52. The molecule has 0 radical (unpaired) electrons. The van der Waals surface area contributed by atoms with Gasteiger partial charge in [0.15, 0.2) is 12.1 Å². The second-order valence-electron chi connectivity index (χ2n) is 13.1. The van der Waals surface area contributed by atoms with Gasteiger partial charge in [0.2, 0.25) is 0 Å². The number of Topliss-reactive ketones (excluding diaryl/α,β-unsaturated/α-hetero) is 1. The summed E-state index contributed by atoms with van der Waals surface area (Å²) in [5.41, 5.74) is 0.659. The molecular formula is C34H50O9. The Balaban J connectivity index is 1.34. The average Bonchev–Trinajstić information content (AvgIpc) is 3.55. The molecule has 0 aromatic carbocycles. The number of aliphatic hydroxyl groups excluding tert-OH is 2. The Kier molecular flexibility index (Phi) is 10.6. The topological polar surface area (TPSA) is 121 Å². The Morgan fingerprint density at radius 3 is 2.51 bits per heavy atom. The molecular weight excluding hydrogens is 552 g/mol. The number of fused-ring (bicyclic) bond motifs is 5. The minimum Gasteiger partial charge on any atom is -0.458 e. The highest BCUT2D eigenvalue weighted by molar-refractivity contribution is 5.99. The molecule has 240 valence electrons. The van der Waals surface area contributed by atoms with Crippen LogP contribution >= 0.6 is 0 Å². The largest absolute Gasteiger partial charge is 0.458 e. The summed E-state index contributed by atoms with van der Waals surface area (Å²) in [5.74, 6) is -0.582. The Morgan fingerprint density at radius 2 is 1.79 bits per heavy atom. The fourth-order valence-electron chi connectivity index (χ4n) is 8.17. The third kappa shape index (κ3) is 6.72. The van der Waals surface area contributed by atoms with Gasteiger partial charge < -0.3 is 33.9 Å². The van der Waals surface area contributed by atoms with E-state index in [1.54, 1.807) is 7.11 Å². The van der Waals surface area contributed by atoms with Crippen LogP contribution < -0.4 is 0 Å². The van der Waals surface area contributed by atoms with E-state index in [-0.39, 0.29) is 66.1 Å². The molecule has 1 saturated carbocycles. The zero-order valence-corrected chi connectivity index (χ0v) is 26.2. The first-order valence-corrected chi connectivity index (χ1v) is 16.2. The van der Waals surface area contributed by atoms with Crippen LogP contribution in [0.4, 0.5) is 0 Å². The van der Waals surface area contributed by atoms with Crippen molar-refractivity contribution in [1.82, 2.24) is 0 Å². The van der Waals surface area contributed by atoms with Crippen molar-refractivity contribution in [3.05, 3.63) is 36.0 Å². The SMILES string of the molecule is CC/C=C/[C@H]1CCC[C@H](O)[C@@H](C)C(=O)C2=CC3C(C=CC4C[C@@H](O[C@@H]5O[C@@H](C)[C@H](OC)[C@@H](O)[C@H]5OC)CC43)C2CC(=O)O1. The maximum absolute atomic E-state index is 13.8. The van der Waals surface area contributed by atoms with Crippen LogP contribution in [-0.2, 0) is 33.3 Å². The number of methoxy groups -OCH3 is 2. The van der Waals surface area contributed by atoms with Crippen LogP contribution in [0.15, 0.2) is 36.0 Å². The molecule has 43 heavy (non-hydrogen) atoms. The van der Waals surface area contributed by atoms with Crippen molar-refractivity contribution in [2.75, 3.05) is 14.2 Å². The zero-order chi connectivity index (χ0) is 30.8. The van der Waals surface area contributed by atoms with Crippen molar-refractivity contribution in [2.24, 2.45) is 35.5 Å². The van der Waals surface area contributed by atoms with Gasteiger partial charge in [-0.3, -0.25) is 9.59 Å². The molecule has 5 aliphatic rings. The molecule has 5 unspecified atom stereocenters. The second-order valence-corrected chi connectivity index (χ2v) is 13.1. The number of esters is 1. The normalized spacial score (nSPS) is 45.5. The molecule has 0 bridgehead atoms. The van der Waals surface area contributed by atoms with Gasteiger partial charge in [-0.1, -0.05) is 38.2 Å². The first kappa shape index (κ1) is 32.5. The highest BCUT2D eigenvalue weighted by Crippen LogP contribution is 2.54. The number of hydrogen-bond acceptors (Lipinski definition) is 9. The Bertz CT molecular complexity index is 1080. The molecule has 5 rings (SSSR count). The lowest BCUT2D eigenvalue weighted by atomic mass is 9.70. The third-order valence-electron chi connectivity index (χ3n) is 10.5. The maximum atomic E-state index is 13.8. The van der Waals surface area contributed by atoms with Crippen LogP contribution in [-0.4, -0.2) is 85.2 Å². The van der Waals surface area contributed by atoms with Crippen LogP contribution in [0.1, 0.15) is 65.7 Å². The Labute approximate surface area is 255 Å². The lowest BCUT2D eigenvalue weighted by Gasteiger charge is -2.42. The number of allylic oxidation sites excluding steroid dienone is 5. The van der Waals surface area contributed by atoms with Gasteiger partial charge in [-0.25, -0.2) is 0 Å². The standard InChI is InChI=1S/C34H50O9/c1-6-7-9-21-10-8-11-28(35)18(2)30(37)27-16-25-23(26(27)17-29(36)42-21)13-12-20-14-22(15-24(20)25)43-34-33(40-5)31(38)32(39-4)19(3)41-34/h7,9,12-13,16,18-26,28,31-35,38H,6,8,10-11,14-15,17H2,1-5H3/b9-7+/t18-,19+,20?,21+,22-,23?,24?,25?,26?,28+,31-,32+,33-,34+/m1/s1. The number of carbonyl (C=O) groups is 2. The fraction of sp³-hybridized carbons (Fsp3) is 0.765. The van der Waals surface area contributed by atoms with Crippen molar-refractivity contribution in [2.45, 2.75) is 115 Å². The number of hydrogen-bond donors (Lipinski definition) is 2. The number of ketones is 1. The fourth-order valence-corrected chi connectivity index (χ4v) is 8.17. The lowest BCUT2D eigenvalue weighted by Crippen LogP contribution is -2.59. The van der Waals surface area contributed by atoms with E-state index in [9.17, 15) is 19.8 Å². The van der Waals surface area contributed by atoms with E-state index >= 15 is 0 Å². The average molecular weight is 603 g/mol. The summed E-state index contributed by atoms with van der Waals surface area (Å²) in [5, 5.41) is 21.8. The minimum atomic E-state index is -0.881. The van der Waals surface area contributed by atoms with Gasteiger partial charge in [0.05, 0.1) is 24.7 Å². The molecule has 14 atom stereocenters. The quantitative estimate of drug-likeness (QED) is 0.344. The lowest BCUT2D eigenvalue weighted by molar-refractivity contribution is -0.311. The number of rotatable bonds is 6. The molecule has 2 saturated heterocycles. The van der Waals surface area contributed by atoms with E-state index in [4.69, 9.17) is 23.7 Å². The van der Waals surface area contributed by atoms with Crippen LogP contribution in [0.3, 0.4) is 0 Å². The summed E-state index contributed by atoms with van der Waals surface area (Å²) in [6.07, 6.45) is 10.5. The first-order valence-electron chi connectivity index (χ1n) is 16.2. The van der Waals surface area contributed by atoms with Crippen molar-refractivity contribution < 1.29 is 43.5 Å². The smallest absolute Gasteiger partial charge is 0.307 e. The second kappa shape index (κ2) is 14.0. The molecule has 3 fully saturated rings. The molecule has 2 aliphatic heterocycles. The van der Waals surface area contributed by atoms with Crippen molar-refractivity contribution in [3.8, 4) is 0 Å². The van der Waals surface area contributed by atoms with Crippen LogP contribution in [0, 0.1) is 35.5 Å². The molecule has 0 aromatic heterocycles. The molecule has 0 amide bonds. The van der Waals surface area contributed by atoms with E-state index < -0.39 is 36.6 Å². The van der Waals surface area contributed by atoms with Crippen molar-refractivity contribution in [3.63, 3.8) is 0 Å². The van der Waals surface area contributed by atoms with Gasteiger partial charge >= 0.3 is 5.97 Å². The van der Waals surface area contributed by atoms with Crippen LogP contribution in [0.25, 0.3) is 0 Å².